The molecule has 7 nitrogen and oxygen atoms in total. The summed E-state index contributed by atoms with van der Waals surface area (Å²) in [6.45, 7) is 2.29. The molecule has 0 aromatic carbocycles. The van der Waals surface area contributed by atoms with Gasteiger partial charge in [0.05, 0.1) is 12.3 Å². The molecular weight excluding hydrogens is 300 g/mol. The number of nitrogens with two attached hydrogens (primary N) is 1. The molecular formula is C14H20N6OS. The molecule has 3 heterocycles. The van der Waals surface area contributed by atoms with Crippen molar-refractivity contribution in [1.82, 2.24) is 19.5 Å². The Hall–Kier alpha value is -1.80. The third-order valence-electron chi connectivity index (χ3n) is 3.53. The summed E-state index contributed by atoms with van der Waals surface area (Å²) in [7, 11) is 1.99. The minimum Gasteiger partial charge on any atom is -0.381 e. The summed E-state index contributed by atoms with van der Waals surface area (Å²) >= 11 is 1.70. The maximum Gasteiger partial charge on any atom is 0.222 e. The van der Waals surface area contributed by atoms with Crippen molar-refractivity contribution in [2.24, 2.45) is 7.05 Å². The fraction of sp³-hybridized carbons (Fsp3) is 0.500. The van der Waals surface area contributed by atoms with Crippen LogP contribution in [0.25, 0.3) is 0 Å². The lowest BCUT2D eigenvalue weighted by atomic mass is 10.0. The lowest BCUT2D eigenvalue weighted by Gasteiger charge is -2.11. The molecule has 118 valence electrons. The van der Waals surface area contributed by atoms with Crippen LogP contribution in [-0.2, 0) is 11.8 Å². The Morgan fingerprint density at radius 2 is 2.41 bits per heavy atom. The van der Waals surface area contributed by atoms with E-state index >= 15 is 0 Å². The first-order chi connectivity index (χ1) is 10.7. The molecule has 1 saturated heterocycles. The first kappa shape index (κ1) is 15.1. The molecule has 0 unspecified atom stereocenters. The molecule has 3 rings (SSSR count). The summed E-state index contributed by atoms with van der Waals surface area (Å²) in [6.07, 6.45) is 4.73. The average molecular weight is 320 g/mol. The largest absolute Gasteiger partial charge is 0.381 e. The third-order valence-corrected chi connectivity index (χ3v) is 4.59. The van der Waals surface area contributed by atoms with Gasteiger partial charge in [-0.05, 0) is 6.42 Å². The molecule has 22 heavy (non-hydrogen) atoms. The molecule has 2 aromatic rings. The van der Waals surface area contributed by atoms with Gasteiger partial charge < -0.3 is 20.4 Å². The number of nitrogens with one attached hydrogen (secondary N) is 1. The Morgan fingerprint density at radius 1 is 1.50 bits per heavy atom. The summed E-state index contributed by atoms with van der Waals surface area (Å²) in [5.74, 6) is 2.31. The quantitative estimate of drug-likeness (QED) is 0.615. The molecule has 3 N–H and O–H groups in total. The van der Waals surface area contributed by atoms with Crippen LogP contribution >= 0.6 is 11.8 Å². The molecule has 0 aliphatic carbocycles. The van der Waals surface area contributed by atoms with Crippen molar-refractivity contribution in [1.29, 1.82) is 0 Å². The van der Waals surface area contributed by atoms with Gasteiger partial charge in [-0.1, -0.05) is 11.8 Å². The SMILES string of the molecule is Cn1ccnc1SCCNc1cc([C@H]2CCOC2)nc(N)n1. The van der Waals surface area contributed by atoms with Crippen LogP contribution in [0.15, 0.2) is 23.6 Å². The van der Waals surface area contributed by atoms with E-state index in [4.69, 9.17) is 10.5 Å². The summed E-state index contributed by atoms with van der Waals surface area (Å²) < 4.78 is 7.41. The van der Waals surface area contributed by atoms with E-state index < -0.39 is 0 Å². The van der Waals surface area contributed by atoms with Crippen molar-refractivity contribution in [3.8, 4) is 0 Å². The van der Waals surface area contributed by atoms with Crippen LogP contribution in [0.3, 0.4) is 0 Å². The topological polar surface area (TPSA) is 90.9 Å². The zero-order valence-corrected chi connectivity index (χ0v) is 13.3. The third kappa shape index (κ3) is 3.69. The zero-order valence-electron chi connectivity index (χ0n) is 12.5. The number of nitrogens with zero attached hydrogens (tertiary/aromatic N) is 4. The Morgan fingerprint density at radius 3 is 3.14 bits per heavy atom. The van der Waals surface area contributed by atoms with Crippen LogP contribution in [0.4, 0.5) is 11.8 Å². The van der Waals surface area contributed by atoms with E-state index in [9.17, 15) is 0 Å². The molecule has 1 aliphatic rings. The highest BCUT2D eigenvalue weighted by Gasteiger charge is 2.20. The van der Waals surface area contributed by atoms with Crippen LogP contribution in [0.5, 0.6) is 0 Å². The van der Waals surface area contributed by atoms with Crippen LogP contribution < -0.4 is 11.1 Å². The van der Waals surface area contributed by atoms with Crippen molar-refractivity contribution in [3.05, 3.63) is 24.2 Å². The van der Waals surface area contributed by atoms with Crippen LogP contribution in [0.1, 0.15) is 18.0 Å². The summed E-state index contributed by atoms with van der Waals surface area (Å²) in [4.78, 5) is 12.8. The van der Waals surface area contributed by atoms with Crippen molar-refractivity contribution >= 4 is 23.5 Å². The van der Waals surface area contributed by atoms with Gasteiger partial charge in [-0.25, -0.2) is 9.97 Å². The van der Waals surface area contributed by atoms with Crippen LogP contribution in [-0.4, -0.2) is 45.0 Å². The average Bonchev–Trinajstić information content (AvgIpc) is 3.15. The maximum absolute atomic E-state index is 5.81. The van der Waals surface area contributed by atoms with Gasteiger partial charge in [-0.15, -0.1) is 0 Å². The first-order valence-electron chi connectivity index (χ1n) is 7.28. The minimum absolute atomic E-state index is 0.309. The van der Waals surface area contributed by atoms with Gasteiger partial charge >= 0.3 is 0 Å². The van der Waals surface area contributed by atoms with Crippen molar-refractivity contribution in [3.63, 3.8) is 0 Å². The number of imidazole rings is 1. The second-order valence-electron chi connectivity index (χ2n) is 5.19. The van der Waals surface area contributed by atoms with Crippen LogP contribution in [0.2, 0.25) is 0 Å². The molecule has 0 radical (unpaired) electrons. The molecule has 0 saturated carbocycles. The minimum atomic E-state index is 0.309. The van der Waals surface area contributed by atoms with Gasteiger partial charge in [0.1, 0.15) is 5.82 Å². The number of rotatable bonds is 6. The number of anilines is 2. The molecule has 0 spiro atoms. The summed E-state index contributed by atoms with van der Waals surface area (Å²) in [5, 5.41) is 4.31. The van der Waals surface area contributed by atoms with E-state index in [-0.39, 0.29) is 0 Å². The Bertz CT molecular complexity index is 626. The molecule has 2 aromatic heterocycles. The van der Waals surface area contributed by atoms with E-state index in [0.29, 0.717) is 18.5 Å². The van der Waals surface area contributed by atoms with E-state index in [0.717, 1.165) is 42.0 Å². The predicted octanol–water partition coefficient (Wildman–Crippen LogP) is 1.50. The highest BCUT2D eigenvalue weighted by molar-refractivity contribution is 7.99. The molecule has 0 bridgehead atoms. The maximum atomic E-state index is 5.81. The number of ether oxygens (including phenoxy) is 1. The lowest BCUT2D eigenvalue weighted by Crippen LogP contribution is -2.11. The fourth-order valence-corrected chi connectivity index (χ4v) is 3.15. The summed E-state index contributed by atoms with van der Waals surface area (Å²) in [5.41, 5.74) is 6.77. The molecule has 1 atom stereocenters. The van der Waals surface area contributed by atoms with Crippen LogP contribution in [0, 0.1) is 0 Å². The second kappa shape index (κ2) is 6.97. The highest BCUT2D eigenvalue weighted by atomic mass is 32.2. The lowest BCUT2D eigenvalue weighted by molar-refractivity contribution is 0.193. The molecule has 8 heteroatoms. The van der Waals surface area contributed by atoms with Gasteiger partial charge in [-0.2, -0.15) is 4.98 Å². The van der Waals surface area contributed by atoms with Crippen molar-refractivity contribution < 1.29 is 4.74 Å². The van der Waals surface area contributed by atoms with Gasteiger partial charge in [-0.3, -0.25) is 0 Å². The predicted molar refractivity (Wildman–Crippen MR) is 87.0 cm³/mol. The normalized spacial score (nSPS) is 17.8. The van der Waals surface area contributed by atoms with Gasteiger partial charge in [0, 0.05) is 50.3 Å². The standard InChI is InChI=1S/C14H20N6OS/c1-20-5-3-17-14(20)22-7-4-16-12-8-11(18-13(15)19-12)10-2-6-21-9-10/h3,5,8,10H,2,4,6-7,9H2,1H3,(H3,15,16,18,19)/t10-/m0/s1. The van der Waals surface area contributed by atoms with Crippen molar-refractivity contribution in [2.75, 3.05) is 36.6 Å². The Kier molecular flexibility index (Phi) is 4.79. The van der Waals surface area contributed by atoms with Gasteiger partial charge in [0.2, 0.25) is 5.95 Å². The number of thioether (sulfide) groups is 1. The number of hydrogen-bond acceptors (Lipinski definition) is 7. The first-order valence-corrected chi connectivity index (χ1v) is 8.27. The monoisotopic (exact) mass is 320 g/mol. The number of aromatic nitrogens is 4. The zero-order chi connectivity index (χ0) is 15.4. The number of nitrogen functional groups attached to an aromatic ring is 1. The fourth-order valence-electron chi connectivity index (χ4n) is 2.37. The number of aryl methyl sites for hydroxylation is 1. The van der Waals surface area contributed by atoms with E-state index in [1.807, 2.05) is 23.9 Å². The molecule has 1 fully saturated rings. The second-order valence-corrected chi connectivity index (χ2v) is 6.25. The van der Waals surface area contributed by atoms with E-state index in [1.54, 1.807) is 18.0 Å². The van der Waals surface area contributed by atoms with Crippen molar-refractivity contribution in [2.45, 2.75) is 17.5 Å². The Balaban J connectivity index is 1.54. The van der Waals surface area contributed by atoms with Gasteiger partial charge in [0.15, 0.2) is 5.16 Å². The summed E-state index contributed by atoms with van der Waals surface area (Å²) in [6, 6.07) is 1.97. The smallest absolute Gasteiger partial charge is 0.222 e. The van der Waals surface area contributed by atoms with E-state index in [2.05, 4.69) is 20.3 Å². The highest BCUT2D eigenvalue weighted by Crippen LogP contribution is 2.25. The Labute approximate surface area is 133 Å². The number of hydrogen-bond donors (Lipinski definition) is 2. The van der Waals surface area contributed by atoms with E-state index in [1.165, 1.54) is 0 Å². The van der Waals surface area contributed by atoms with Gasteiger partial charge in [0.25, 0.3) is 0 Å². The molecule has 1 aliphatic heterocycles. The molecule has 0 amide bonds.